The van der Waals surface area contributed by atoms with Gasteiger partial charge in [0.1, 0.15) is 6.17 Å². The van der Waals surface area contributed by atoms with E-state index >= 15 is 0 Å². The van der Waals surface area contributed by atoms with Gasteiger partial charge in [0.05, 0.1) is 5.83 Å². The monoisotopic (exact) mass is 146 g/mol. The summed E-state index contributed by atoms with van der Waals surface area (Å²) in [6, 6.07) is 0. The number of rotatable bonds is 2. The molecule has 0 aliphatic carbocycles. The van der Waals surface area contributed by atoms with Gasteiger partial charge >= 0.3 is 0 Å². The zero-order valence-electron chi connectivity index (χ0n) is 6.49. The van der Waals surface area contributed by atoms with Gasteiger partial charge in [0.15, 0.2) is 0 Å². The molecule has 0 bridgehead atoms. The summed E-state index contributed by atoms with van der Waals surface area (Å²) in [7, 11) is 0. The van der Waals surface area contributed by atoms with Crippen LogP contribution >= 0.6 is 0 Å². The average molecular weight is 146 g/mol. The van der Waals surface area contributed by atoms with E-state index in [2.05, 4.69) is 0 Å². The number of halogens is 2. The second kappa shape index (κ2) is 4.20. The first-order valence-corrected chi connectivity index (χ1v) is 3.18. The smallest absolute Gasteiger partial charge is 0.116 e. The Morgan fingerprint density at radius 1 is 1.40 bits per heavy atom. The van der Waals surface area contributed by atoms with Crippen LogP contribution in [0, 0.1) is 0 Å². The van der Waals surface area contributed by atoms with Gasteiger partial charge in [-0.05, 0) is 38.5 Å². The van der Waals surface area contributed by atoms with E-state index in [1.165, 1.54) is 26.0 Å². The predicted molar refractivity (Wildman–Crippen MR) is 39.2 cm³/mol. The Hall–Kier alpha value is -0.660. The minimum atomic E-state index is -1.00. The number of hydrogen-bond acceptors (Lipinski definition) is 0. The lowest BCUT2D eigenvalue weighted by Gasteiger charge is -1.93. The molecule has 0 aromatic carbocycles. The normalized spacial score (nSPS) is 17.3. The van der Waals surface area contributed by atoms with Gasteiger partial charge in [-0.25, -0.2) is 8.78 Å². The third kappa shape index (κ3) is 5.48. The summed E-state index contributed by atoms with van der Waals surface area (Å²) in [4.78, 5) is 0. The van der Waals surface area contributed by atoms with Crippen LogP contribution in [0.5, 0.6) is 0 Å². The fraction of sp³-hybridized carbons (Fsp3) is 0.500. The quantitative estimate of drug-likeness (QED) is 0.525. The molecule has 0 radical (unpaired) electrons. The fourth-order valence-corrected chi connectivity index (χ4v) is 0.724. The largest absolute Gasteiger partial charge is 0.243 e. The summed E-state index contributed by atoms with van der Waals surface area (Å²) in [5.74, 6) is -0.297. The summed E-state index contributed by atoms with van der Waals surface area (Å²) < 4.78 is 24.3. The van der Waals surface area contributed by atoms with E-state index in [1.54, 1.807) is 6.92 Å². The molecule has 0 aliphatic heterocycles. The molecule has 0 heterocycles. The molecule has 10 heavy (non-hydrogen) atoms. The number of hydrogen-bond donors (Lipinski definition) is 0. The Morgan fingerprint density at radius 3 is 2.20 bits per heavy atom. The van der Waals surface area contributed by atoms with Crippen LogP contribution in [0.4, 0.5) is 8.78 Å². The van der Waals surface area contributed by atoms with Crippen LogP contribution < -0.4 is 0 Å². The first kappa shape index (κ1) is 9.34. The summed E-state index contributed by atoms with van der Waals surface area (Å²) in [5.41, 5.74) is 0.620. The van der Waals surface area contributed by atoms with Crippen molar-refractivity contribution in [2.45, 2.75) is 26.9 Å². The van der Waals surface area contributed by atoms with Gasteiger partial charge in [0, 0.05) is 0 Å². The summed E-state index contributed by atoms with van der Waals surface area (Å²) in [6.45, 7) is 4.41. The van der Waals surface area contributed by atoms with Crippen LogP contribution in [-0.4, -0.2) is 6.17 Å². The van der Waals surface area contributed by atoms with E-state index in [-0.39, 0.29) is 5.83 Å². The van der Waals surface area contributed by atoms with E-state index in [0.717, 1.165) is 0 Å². The van der Waals surface area contributed by atoms with Gasteiger partial charge in [-0.2, -0.15) is 0 Å². The third-order valence-corrected chi connectivity index (χ3v) is 0.919. The molecule has 0 spiro atoms. The molecule has 0 N–H and O–H groups in total. The van der Waals surface area contributed by atoms with Gasteiger partial charge in [0.25, 0.3) is 0 Å². The Bertz CT molecular complexity index is 151. The highest BCUT2D eigenvalue weighted by Gasteiger charge is 1.91. The second-order valence-electron chi connectivity index (χ2n) is 2.32. The van der Waals surface area contributed by atoms with E-state index in [0.29, 0.717) is 5.57 Å². The van der Waals surface area contributed by atoms with Crippen molar-refractivity contribution in [1.29, 1.82) is 0 Å². The topological polar surface area (TPSA) is 0 Å². The predicted octanol–water partition coefficient (Wildman–Crippen LogP) is 3.16. The summed E-state index contributed by atoms with van der Waals surface area (Å²) >= 11 is 0. The van der Waals surface area contributed by atoms with Crippen LogP contribution in [0.25, 0.3) is 0 Å². The standard InChI is InChI=1S/C8H12F2/c1-6(4-7(2)9)5-8(3)10/h4-5,7H,1-3H3/b6-4-,8-5+. The summed E-state index contributed by atoms with van der Waals surface area (Å²) in [5, 5.41) is 0. The molecule has 0 rings (SSSR count). The van der Waals surface area contributed by atoms with Crippen LogP contribution in [0.3, 0.4) is 0 Å². The van der Waals surface area contributed by atoms with Gasteiger partial charge in [-0.15, -0.1) is 0 Å². The van der Waals surface area contributed by atoms with E-state index in [9.17, 15) is 8.78 Å². The second-order valence-corrected chi connectivity index (χ2v) is 2.32. The van der Waals surface area contributed by atoms with E-state index in [1.807, 2.05) is 0 Å². The molecule has 2 heteroatoms. The highest BCUT2D eigenvalue weighted by Crippen LogP contribution is 2.04. The maximum Gasteiger partial charge on any atom is 0.116 e. The first-order chi connectivity index (χ1) is 4.52. The lowest BCUT2D eigenvalue weighted by Crippen LogP contribution is -1.85. The van der Waals surface area contributed by atoms with Gasteiger partial charge in [-0.3, -0.25) is 0 Å². The fourth-order valence-electron chi connectivity index (χ4n) is 0.724. The van der Waals surface area contributed by atoms with Crippen LogP contribution in [0.2, 0.25) is 0 Å². The Morgan fingerprint density at radius 2 is 1.90 bits per heavy atom. The zero-order chi connectivity index (χ0) is 8.15. The lowest BCUT2D eigenvalue weighted by molar-refractivity contribution is 0.429. The first-order valence-electron chi connectivity index (χ1n) is 3.18. The third-order valence-electron chi connectivity index (χ3n) is 0.919. The molecule has 0 amide bonds. The zero-order valence-corrected chi connectivity index (χ0v) is 6.49. The molecule has 0 saturated carbocycles. The highest BCUT2D eigenvalue weighted by atomic mass is 19.1. The number of alkyl halides is 1. The van der Waals surface area contributed by atoms with Crippen LogP contribution in [-0.2, 0) is 0 Å². The molecule has 0 fully saturated rings. The van der Waals surface area contributed by atoms with Crippen molar-refractivity contribution in [3.63, 3.8) is 0 Å². The Balaban J connectivity index is 4.08. The molecule has 0 aromatic heterocycles. The molecule has 0 saturated heterocycles. The molecule has 0 nitrogen and oxygen atoms in total. The Kier molecular flexibility index (Phi) is 3.93. The van der Waals surface area contributed by atoms with Crippen molar-refractivity contribution in [1.82, 2.24) is 0 Å². The molecule has 0 aromatic rings. The molecule has 1 atom stereocenters. The average Bonchev–Trinajstić information content (AvgIpc) is 1.58. The van der Waals surface area contributed by atoms with Crippen molar-refractivity contribution < 1.29 is 8.78 Å². The molecule has 1 unspecified atom stereocenters. The summed E-state index contributed by atoms with van der Waals surface area (Å²) in [6.07, 6.45) is 1.66. The van der Waals surface area contributed by atoms with Gasteiger partial charge in [-0.1, -0.05) is 0 Å². The van der Waals surface area contributed by atoms with Crippen molar-refractivity contribution in [3.05, 3.63) is 23.6 Å². The van der Waals surface area contributed by atoms with Crippen molar-refractivity contribution >= 4 is 0 Å². The number of allylic oxidation sites excluding steroid dienone is 4. The molecular formula is C8H12F2. The van der Waals surface area contributed by atoms with E-state index < -0.39 is 6.17 Å². The maximum atomic E-state index is 12.2. The maximum absolute atomic E-state index is 12.2. The van der Waals surface area contributed by atoms with Crippen LogP contribution in [0.15, 0.2) is 23.6 Å². The molecule has 58 valence electrons. The minimum Gasteiger partial charge on any atom is -0.243 e. The molecule has 0 aliphatic rings. The minimum absolute atomic E-state index is 0.297. The van der Waals surface area contributed by atoms with Crippen molar-refractivity contribution in [2.75, 3.05) is 0 Å². The van der Waals surface area contributed by atoms with Crippen molar-refractivity contribution in [2.24, 2.45) is 0 Å². The molecular weight excluding hydrogens is 134 g/mol. The SMILES string of the molecule is CC(=C/C(C)F)/C=C(\C)F. The lowest BCUT2D eigenvalue weighted by atomic mass is 10.2. The van der Waals surface area contributed by atoms with Gasteiger partial charge < -0.3 is 0 Å². The van der Waals surface area contributed by atoms with Crippen LogP contribution in [0.1, 0.15) is 20.8 Å². The van der Waals surface area contributed by atoms with Gasteiger partial charge in [0.2, 0.25) is 0 Å². The van der Waals surface area contributed by atoms with E-state index in [4.69, 9.17) is 0 Å². The Labute approximate surface area is 60.2 Å². The van der Waals surface area contributed by atoms with Crippen molar-refractivity contribution in [3.8, 4) is 0 Å². The highest BCUT2D eigenvalue weighted by molar-refractivity contribution is 5.18.